The lowest BCUT2D eigenvalue weighted by Gasteiger charge is -2.29. The highest BCUT2D eigenvalue weighted by molar-refractivity contribution is 5.82. The fraction of sp³-hybridized carbons (Fsp3) is 0.867. The quantitative estimate of drug-likeness (QED) is 0.733. The molecule has 1 amide bonds. The highest BCUT2D eigenvalue weighted by Gasteiger charge is 2.46. The Kier molecular flexibility index (Phi) is 5.41. The van der Waals surface area contributed by atoms with Crippen LogP contribution in [0.25, 0.3) is 0 Å². The first-order valence-corrected chi connectivity index (χ1v) is 7.31. The average molecular weight is 321 g/mol. The van der Waals surface area contributed by atoms with Crippen LogP contribution in [0.2, 0.25) is 0 Å². The van der Waals surface area contributed by atoms with E-state index in [4.69, 9.17) is 9.47 Å². The van der Waals surface area contributed by atoms with Gasteiger partial charge in [-0.15, -0.1) is 0 Å². The van der Waals surface area contributed by atoms with Crippen molar-refractivity contribution in [2.24, 2.45) is 5.92 Å². The standard InChI is InChI=1S/C15H25F2NO4/c1-14(2,3)21-12(19)10-7-9(11(16)17)8-18(10)13(20)22-15(4,5)6/h9-11H,7-8H2,1-6H3/t9-,10-/m0/s1. The minimum absolute atomic E-state index is 0.119. The van der Waals surface area contributed by atoms with E-state index in [9.17, 15) is 18.4 Å². The Hall–Kier alpha value is -1.40. The van der Waals surface area contributed by atoms with Crippen LogP contribution in [-0.2, 0) is 14.3 Å². The second-order valence-electron chi connectivity index (χ2n) is 7.51. The summed E-state index contributed by atoms with van der Waals surface area (Å²) in [5, 5.41) is 0. The fourth-order valence-corrected chi connectivity index (χ4v) is 2.17. The molecular weight excluding hydrogens is 296 g/mol. The second kappa shape index (κ2) is 6.38. The van der Waals surface area contributed by atoms with Gasteiger partial charge in [-0.05, 0) is 48.0 Å². The molecule has 22 heavy (non-hydrogen) atoms. The van der Waals surface area contributed by atoms with E-state index in [1.54, 1.807) is 41.5 Å². The molecule has 7 heteroatoms. The monoisotopic (exact) mass is 321 g/mol. The predicted molar refractivity (Wildman–Crippen MR) is 76.7 cm³/mol. The number of rotatable bonds is 2. The molecule has 1 fully saturated rings. The Balaban J connectivity index is 2.90. The summed E-state index contributed by atoms with van der Waals surface area (Å²) in [6, 6.07) is -1.03. The maximum atomic E-state index is 13.0. The molecule has 0 aromatic heterocycles. The normalized spacial score (nSPS) is 22.9. The number of ether oxygens (including phenoxy) is 2. The van der Waals surface area contributed by atoms with Crippen molar-refractivity contribution in [2.75, 3.05) is 6.54 Å². The summed E-state index contributed by atoms with van der Waals surface area (Å²) in [5.74, 6) is -1.73. The van der Waals surface area contributed by atoms with Crippen LogP contribution in [0.15, 0.2) is 0 Å². The van der Waals surface area contributed by atoms with Gasteiger partial charge in [0, 0.05) is 12.5 Å². The summed E-state index contributed by atoms with van der Waals surface area (Å²) in [6.45, 7) is 9.86. The highest BCUT2D eigenvalue weighted by atomic mass is 19.3. The molecule has 0 bridgehead atoms. The molecule has 128 valence electrons. The van der Waals surface area contributed by atoms with Crippen LogP contribution in [0.5, 0.6) is 0 Å². The second-order valence-corrected chi connectivity index (χ2v) is 7.51. The Morgan fingerprint density at radius 1 is 1.05 bits per heavy atom. The van der Waals surface area contributed by atoms with E-state index in [1.165, 1.54) is 0 Å². The molecule has 0 unspecified atom stereocenters. The number of amides is 1. The van der Waals surface area contributed by atoms with Gasteiger partial charge in [0.05, 0.1) is 0 Å². The first-order valence-electron chi connectivity index (χ1n) is 7.31. The lowest BCUT2D eigenvalue weighted by atomic mass is 10.1. The first-order chi connectivity index (χ1) is 9.80. The Morgan fingerprint density at radius 3 is 1.95 bits per heavy atom. The molecule has 5 nitrogen and oxygen atoms in total. The Labute approximate surface area is 129 Å². The van der Waals surface area contributed by atoms with Crippen molar-refractivity contribution in [2.45, 2.75) is 71.6 Å². The van der Waals surface area contributed by atoms with Gasteiger partial charge in [-0.25, -0.2) is 18.4 Å². The van der Waals surface area contributed by atoms with Crippen LogP contribution in [0, 0.1) is 5.92 Å². The van der Waals surface area contributed by atoms with Gasteiger partial charge in [0.25, 0.3) is 0 Å². The zero-order valence-electron chi connectivity index (χ0n) is 14.0. The summed E-state index contributed by atoms with van der Waals surface area (Å²) in [4.78, 5) is 25.4. The molecule has 0 N–H and O–H groups in total. The van der Waals surface area contributed by atoms with Gasteiger partial charge < -0.3 is 9.47 Å². The van der Waals surface area contributed by atoms with Crippen LogP contribution < -0.4 is 0 Å². The smallest absolute Gasteiger partial charge is 0.411 e. The molecule has 0 saturated carbocycles. The fourth-order valence-electron chi connectivity index (χ4n) is 2.17. The molecule has 0 aromatic carbocycles. The molecule has 0 aromatic rings. The summed E-state index contributed by atoms with van der Waals surface area (Å²) >= 11 is 0. The average Bonchev–Trinajstić information content (AvgIpc) is 2.68. The summed E-state index contributed by atoms with van der Waals surface area (Å²) in [6.07, 6.45) is -3.49. The van der Waals surface area contributed by atoms with Crippen LogP contribution in [0.1, 0.15) is 48.0 Å². The predicted octanol–water partition coefficient (Wildman–Crippen LogP) is 3.22. The van der Waals surface area contributed by atoms with Gasteiger partial charge in [0.2, 0.25) is 6.43 Å². The van der Waals surface area contributed by atoms with E-state index in [0.29, 0.717) is 0 Å². The van der Waals surface area contributed by atoms with Crippen LogP contribution in [0.4, 0.5) is 13.6 Å². The van der Waals surface area contributed by atoms with Crippen molar-refractivity contribution < 1.29 is 27.8 Å². The summed E-state index contributed by atoms with van der Waals surface area (Å²) in [7, 11) is 0. The van der Waals surface area contributed by atoms with Gasteiger partial charge in [0.1, 0.15) is 17.2 Å². The first kappa shape index (κ1) is 18.6. The Bertz CT molecular complexity index is 390. The highest BCUT2D eigenvalue weighted by Crippen LogP contribution is 2.31. The largest absolute Gasteiger partial charge is 0.458 e. The number of nitrogens with zero attached hydrogens (tertiary/aromatic N) is 1. The summed E-state index contributed by atoms with van der Waals surface area (Å²) in [5.41, 5.74) is -1.52. The molecule has 1 saturated heterocycles. The molecule has 1 heterocycles. The lowest BCUT2D eigenvalue weighted by molar-refractivity contribution is -0.160. The number of hydrogen-bond acceptors (Lipinski definition) is 4. The third-order valence-electron chi connectivity index (χ3n) is 3.00. The molecule has 2 atom stereocenters. The van der Waals surface area contributed by atoms with Crippen molar-refractivity contribution in [3.63, 3.8) is 0 Å². The van der Waals surface area contributed by atoms with Gasteiger partial charge in [-0.1, -0.05) is 0 Å². The van der Waals surface area contributed by atoms with Crippen LogP contribution in [0.3, 0.4) is 0 Å². The molecule has 1 aliphatic heterocycles. The maximum absolute atomic E-state index is 13.0. The molecular formula is C15H25F2NO4. The number of esters is 1. The van der Waals surface area contributed by atoms with E-state index in [-0.39, 0.29) is 13.0 Å². The van der Waals surface area contributed by atoms with Gasteiger partial charge in [-0.2, -0.15) is 0 Å². The van der Waals surface area contributed by atoms with Crippen molar-refractivity contribution >= 4 is 12.1 Å². The number of likely N-dealkylation sites (tertiary alicyclic amines) is 1. The minimum atomic E-state index is -2.60. The third kappa shape index (κ3) is 5.42. The number of carbonyl (C=O) groups excluding carboxylic acids is 2. The SMILES string of the molecule is CC(C)(C)OC(=O)[C@@H]1C[C@H](C(F)F)CN1C(=O)OC(C)(C)C. The van der Waals surface area contributed by atoms with Crippen LogP contribution >= 0.6 is 0 Å². The van der Waals surface area contributed by atoms with Crippen molar-refractivity contribution in [1.82, 2.24) is 4.90 Å². The Morgan fingerprint density at radius 2 is 1.55 bits per heavy atom. The number of alkyl halides is 2. The van der Waals surface area contributed by atoms with E-state index in [0.717, 1.165) is 4.90 Å². The summed E-state index contributed by atoms with van der Waals surface area (Å²) < 4.78 is 36.3. The maximum Gasteiger partial charge on any atom is 0.411 e. The third-order valence-corrected chi connectivity index (χ3v) is 3.00. The van der Waals surface area contributed by atoms with Crippen molar-refractivity contribution in [3.05, 3.63) is 0 Å². The van der Waals surface area contributed by atoms with Gasteiger partial charge in [0.15, 0.2) is 0 Å². The molecule has 1 aliphatic rings. The van der Waals surface area contributed by atoms with E-state index >= 15 is 0 Å². The zero-order chi connectivity index (χ0) is 17.3. The zero-order valence-corrected chi connectivity index (χ0v) is 14.0. The van der Waals surface area contributed by atoms with Gasteiger partial charge >= 0.3 is 12.1 Å². The van der Waals surface area contributed by atoms with Gasteiger partial charge in [-0.3, -0.25) is 4.90 Å². The number of hydrogen-bond donors (Lipinski definition) is 0. The van der Waals surface area contributed by atoms with Crippen molar-refractivity contribution in [3.8, 4) is 0 Å². The topological polar surface area (TPSA) is 55.8 Å². The lowest BCUT2D eigenvalue weighted by Crippen LogP contribution is -2.45. The number of halogens is 2. The number of carbonyl (C=O) groups is 2. The molecule has 1 rings (SSSR count). The molecule has 0 radical (unpaired) electrons. The van der Waals surface area contributed by atoms with E-state index < -0.39 is 41.6 Å². The van der Waals surface area contributed by atoms with E-state index in [2.05, 4.69) is 0 Å². The van der Waals surface area contributed by atoms with Crippen molar-refractivity contribution in [1.29, 1.82) is 0 Å². The molecule has 0 aliphatic carbocycles. The van der Waals surface area contributed by atoms with E-state index in [1.807, 2.05) is 0 Å². The molecule has 0 spiro atoms. The minimum Gasteiger partial charge on any atom is -0.458 e. The van der Waals surface area contributed by atoms with Crippen LogP contribution in [-0.4, -0.2) is 47.2 Å².